The Balaban J connectivity index is 1.47. The highest BCUT2D eigenvalue weighted by Gasteiger charge is 2.31. The van der Waals surface area contributed by atoms with Crippen molar-refractivity contribution in [3.05, 3.63) is 71.8 Å². The number of urea groups is 1. The molecule has 10 heteroatoms. The lowest BCUT2D eigenvalue weighted by Crippen LogP contribution is -2.36. The van der Waals surface area contributed by atoms with Gasteiger partial charge in [0.15, 0.2) is 5.82 Å². The third kappa shape index (κ3) is 7.74. The Hall–Kier alpha value is -4.08. The van der Waals surface area contributed by atoms with Gasteiger partial charge in [-0.25, -0.2) is 9.78 Å². The van der Waals surface area contributed by atoms with Gasteiger partial charge in [-0.1, -0.05) is 50.5 Å². The second kappa shape index (κ2) is 13.3. The molecule has 4 rings (SSSR count). The quantitative estimate of drug-likeness (QED) is 0.245. The minimum atomic E-state index is -4.47. The Labute approximate surface area is 232 Å². The van der Waals surface area contributed by atoms with E-state index < -0.39 is 17.8 Å². The number of nitrogens with one attached hydrogen (secondary N) is 3. The van der Waals surface area contributed by atoms with Crippen LogP contribution in [0.4, 0.5) is 35.2 Å². The van der Waals surface area contributed by atoms with Gasteiger partial charge in [-0.3, -0.25) is 9.69 Å². The zero-order chi connectivity index (χ0) is 28.5. The molecule has 40 heavy (non-hydrogen) atoms. The Morgan fingerprint density at radius 2 is 1.85 bits per heavy atom. The predicted octanol–water partition coefficient (Wildman–Crippen LogP) is 7.21. The van der Waals surface area contributed by atoms with Crippen LogP contribution in [0.15, 0.2) is 60.7 Å². The summed E-state index contributed by atoms with van der Waals surface area (Å²) in [6.07, 6.45) is 0.826. The first-order chi connectivity index (χ1) is 19.2. The van der Waals surface area contributed by atoms with E-state index in [0.717, 1.165) is 43.4 Å². The molecule has 0 radical (unpaired) electrons. The number of carbonyl (C=O) groups is 2. The Bertz CT molecular complexity index is 1330. The van der Waals surface area contributed by atoms with Crippen LogP contribution in [-0.2, 0) is 17.5 Å². The molecule has 0 unspecified atom stereocenters. The number of alkyl halides is 3. The lowest BCUT2D eigenvalue weighted by Gasteiger charge is -2.22. The summed E-state index contributed by atoms with van der Waals surface area (Å²) in [6.45, 7) is 3.48. The minimum Gasteiger partial charge on any atom is -0.382 e. The van der Waals surface area contributed by atoms with Crippen molar-refractivity contribution in [2.75, 3.05) is 28.6 Å². The lowest BCUT2D eigenvalue weighted by molar-refractivity contribution is -0.137. The number of benzene rings is 2. The van der Waals surface area contributed by atoms with E-state index in [0.29, 0.717) is 60.9 Å². The first-order valence-corrected chi connectivity index (χ1v) is 13.6. The normalized spacial score (nSPS) is 13.2. The molecule has 3 aromatic rings. The third-order valence-corrected chi connectivity index (χ3v) is 6.66. The smallest absolute Gasteiger partial charge is 0.382 e. The molecule has 1 aliphatic rings. The molecule has 0 saturated carbocycles. The fourth-order valence-electron chi connectivity index (χ4n) is 4.52. The SMILES string of the molecule is CCCCCCC(=O)NCc1cccc(NC(=O)N2CCCNc3ccc(-c4cccc(C(F)(F)F)c4)nc32)c1. The molecule has 0 spiro atoms. The molecule has 3 N–H and O–H groups in total. The van der Waals surface area contributed by atoms with Crippen LogP contribution in [0.5, 0.6) is 0 Å². The summed E-state index contributed by atoms with van der Waals surface area (Å²) in [6, 6.07) is 15.2. The van der Waals surface area contributed by atoms with Crippen LogP contribution in [0.1, 0.15) is 56.6 Å². The molecular weight excluding hydrogens is 519 g/mol. The summed E-state index contributed by atoms with van der Waals surface area (Å²) in [5.41, 5.74) is 1.91. The van der Waals surface area contributed by atoms with Gasteiger partial charge in [0.05, 0.1) is 16.9 Å². The molecule has 212 valence electrons. The van der Waals surface area contributed by atoms with Crippen LogP contribution in [0.25, 0.3) is 11.3 Å². The van der Waals surface area contributed by atoms with Crippen LogP contribution in [-0.4, -0.2) is 30.0 Å². The van der Waals surface area contributed by atoms with Crippen molar-refractivity contribution in [3.63, 3.8) is 0 Å². The molecule has 0 bridgehead atoms. The highest BCUT2D eigenvalue weighted by Crippen LogP contribution is 2.34. The number of rotatable bonds is 9. The van der Waals surface area contributed by atoms with Crippen LogP contribution in [0.2, 0.25) is 0 Å². The van der Waals surface area contributed by atoms with Crippen molar-refractivity contribution in [2.45, 2.75) is 58.2 Å². The van der Waals surface area contributed by atoms with E-state index in [1.54, 1.807) is 36.4 Å². The van der Waals surface area contributed by atoms with Crippen LogP contribution in [0, 0.1) is 0 Å². The van der Waals surface area contributed by atoms with Gasteiger partial charge >= 0.3 is 12.2 Å². The Morgan fingerprint density at radius 1 is 1.02 bits per heavy atom. The number of hydrogen-bond acceptors (Lipinski definition) is 4. The first kappa shape index (κ1) is 28.9. The summed E-state index contributed by atoms with van der Waals surface area (Å²) in [5, 5.41) is 9.07. The summed E-state index contributed by atoms with van der Waals surface area (Å²) in [7, 11) is 0. The zero-order valence-corrected chi connectivity index (χ0v) is 22.5. The van der Waals surface area contributed by atoms with Crippen LogP contribution < -0.4 is 20.9 Å². The van der Waals surface area contributed by atoms with Gasteiger partial charge in [0.25, 0.3) is 0 Å². The van der Waals surface area contributed by atoms with Gasteiger partial charge in [0.2, 0.25) is 5.91 Å². The minimum absolute atomic E-state index is 0.00173. The maximum atomic E-state index is 13.4. The maximum Gasteiger partial charge on any atom is 0.416 e. The molecule has 0 atom stereocenters. The molecule has 2 heterocycles. The number of fused-ring (bicyclic) bond motifs is 1. The van der Waals surface area contributed by atoms with E-state index in [2.05, 4.69) is 27.9 Å². The number of amides is 3. The van der Waals surface area contributed by atoms with Crippen LogP contribution in [0.3, 0.4) is 0 Å². The predicted molar refractivity (Wildman–Crippen MR) is 151 cm³/mol. The number of unbranched alkanes of at least 4 members (excludes halogenated alkanes) is 3. The standard InChI is InChI=1S/C30H34F3N5O2/c1-2-3-4-5-13-27(39)35-20-21-9-6-12-24(18-21)36-29(40)38-17-8-16-34-26-15-14-25(37-28(26)38)22-10-7-11-23(19-22)30(31,32)33/h6-7,9-12,14-15,18-19,34H,2-5,8,13,16-17,20H2,1H3,(H,35,39)(H,36,40). The van der Waals surface area contributed by atoms with E-state index in [4.69, 9.17) is 0 Å². The zero-order valence-electron chi connectivity index (χ0n) is 22.5. The molecule has 0 saturated heterocycles. The van der Waals surface area contributed by atoms with Crippen molar-refractivity contribution < 1.29 is 22.8 Å². The first-order valence-electron chi connectivity index (χ1n) is 13.6. The highest BCUT2D eigenvalue weighted by molar-refractivity contribution is 6.03. The van der Waals surface area contributed by atoms with E-state index >= 15 is 0 Å². The van der Waals surface area contributed by atoms with Crippen molar-refractivity contribution in [1.29, 1.82) is 0 Å². The van der Waals surface area contributed by atoms with Gasteiger partial charge < -0.3 is 16.0 Å². The number of hydrogen-bond donors (Lipinski definition) is 3. The Kier molecular flexibility index (Phi) is 9.63. The Morgan fingerprint density at radius 3 is 2.65 bits per heavy atom. The summed E-state index contributed by atoms with van der Waals surface area (Å²) in [4.78, 5) is 31.6. The van der Waals surface area contributed by atoms with Gasteiger partial charge in [-0.15, -0.1) is 0 Å². The molecular formula is C30H34F3N5O2. The molecule has 0 aliphatic carbocycles. The largest absolute Gasteiger partial charge is 0.416 e. The average Bonchev–Trinajstić information content (AvgIpc) is 3.16. The highest BCUT2D eigenvalue weighted by atomic mass is 19.4. The van der Waals surface area contributed by atoms with Crippen molar-refractivity contribution in [2.24, 2.45) is 0 Å². The van der Waals surface area contributed by atoms with E-state index in [9.17, 15) is 22.8 Å². The number of anilines is 3. The van der Waals surface area contributed by atoms with Crippen molar-refractivity contribution in [1.82, 2.24) is 10.3 Å². The molecule has 1 aromatic heterocycles. The summed E-state index contributed by atoms with van der Waals surface area (Å²) >= 11 is 0. The number of aromatic nitrogens is 1. The lowest BCUT2D eigenvalue weighted by atomic mass is 10.1. The maximum absolute atomic E-state index is 13.4. The number of pyridine rings is 1. The topological polar surface area (TPSA) is 86.4 Å². The van der Waals surface area contributed by atoms with E-state index in [1.807, 2.05) is 6.07 Å². The van der Waals surface area contributed by atoms with Crippen molar-refractivity contribution in [3.8, 4) is 11.3 Å². The van der Waals surface area contributed by atoms with Gasteiger partial charge in [-0.2, -0.15) is 13.2 Å². The van der Waals surface area contributed by atoms with E-state index in [1.165, 1.54) is 11.0 Å². The van der Waals surface area contributed by atoms with Gasteiger partial charge in [-0.05, 0) is 54.8 Å². The number of nitrogens with zero attached hydrogens (tertiary/aromatic N) is 2. The van der Waals surface area contributed by atoms with Crippen LogP contribution >= 0.6 is 0 Å². The third-order valence-electron chi connectivity index (χ3n) is 6.66. The second-order valence-electron chi connectivity index (χ2n) is 9.80. The van der Waals surface area contributed by atoms with E-state index in [-0.39, 0.29) is 5.91 Å². The van der Waals surface area contributed by atoms with Gasteiger partial charge in [0.1, 0.15) is 0 Å². The van der Waals surface area contributed by atoms with Gasteiger partial charge in [0, 0.05) is 37.3 Å². The summed E-state index contributed by atoms with van der Waals surface area (Å²) in [5.74, 6) is 0.346. The summed E-state index contributed by atoms with van der Waals surface area (Å²) < 4.78 is 39.8. The fourth-order valence-corrected chi connectivity index (χ4v) is 4.52. The molecule has 0 fully saturated rings. The fraction of sp³-hybridized carbons (Fsp3) is 0.367. The molecule has 7 nitrogen and oxygen atoms in total. The number of carbonyl (C=O) groups excluding carboxylic acids is 2. The molecule has 2 aromatic carbocycles. The monoisotopic (exact) mass is 553 g/mol. The number of halogens is 3. The molecule has 1 aliphatic heterocycles. The average molecular weight is 554 g/mol. The molecule has 3 amide bonds. The van der Waals surface area contributed by atoms with Crippen molar-refractivity contribution >= 4 is 29.1 Å². The second-order valence-corrected chi connectivity index (χ2v) is 9.80.